The average Bonchev–Trinajstić information content (AvgIpc) is 2.60. The number of hydrogen-bond acceptors (Lipinski definition) is 4. The predicted molar refractivity (Wildman–Crippen MR) is 56.9 cm³/mol. The van der Waals surface area contributed by atoms with Crippen molar-refractivity contribution < 1.29 is 4.79 Å². The maximum Gasteiger partial charge on any atom is 0.236 e. The number of amides is 1. The van der Waals surface area contributed by atoms with Crippen molar-refractivity contribution in [2.24, 2.45) is 5.73 Å². The molecule has 84 valence electrons. The number of hydrogen-bond donors (Lipinski definition) is 1. The van der Waals surface area contributed by atoms with Gasteiger partial charge in [-0.25, -0.2) is 0 Å². The zero-order valence-electron chi connectivity index (χ0n) is 9.15. The predicted octanol–water partition coefficient (Wildman–Crippen LogP) is -0.609. The van der Waals surface area contributed by atoms with Crippen molar-refractivity contribution in [1.82, 2.24) is 9.80 Å². The first-order valence-electron chi connectivity index (χ1n) is 5.22. The first-order valence-corrected chi connectivity index (χ1v) is 5.22. The second-order valence-corrected chi connectivity index (χ2v) is 4.01. The zero-order valence-corrected chi connectivity index (χ0v) is 9.15. The molecule has 1 rings (SSSR count). The third-order valence-electron chi connectivity index (χ3n) is 2.65. The number of nitrogens with zero attached hydrogens (tertiary/aromatic N) is 3. The van der Waals surface area contributed by atoms with Crippen molar-refractivity contribution >= 4 is 5.91 Å². The Morgan fingerprint density at radius 1 is 1.73 bits per heavy atom. The van der Waals surface area contributed by atoms with E-state index in [1.54, 1.807) is 11.9 Å². The quantitative estimate of drug-likeness (QED) is 0.672. The van der Waals surface area contributed by atoms with Gasteiger partial charge in [0.05, 0.1) is 19.0 Å². The molecule has 1 heterocycles. The van der Waals surface area contributed by atoms with E-state index in [0.717, 1.165) is 19.5 Å². The Labute approximate surface area is 90.4 Å². The van der Waals surface area contributed by atoms with Crippen LogP contribution in [-0.4, -0.2) is 55.0 Å². The van der Waals surface area contributed by atoms with E-state index in [9.17, 15) is 4.79 Å². The summed E-state index contributed by atoms with van der Waals surface area (Å²) >= 11 is 0. The Kier molecular flexibility index (Phi) is 4.53. The second-order valence-electron chi connectivity index (χ2n) is 4.01. The molecule has 1 amide bonds. The molecule has 2 N–H and O–H groups in total. The van der Waals surface area contributed by atoms with Gasteiger partial charge < -0.3 is 10.6 Å². The number of carbonyl (C=O) groups is 1. The maximum atomic E-state index is 11.6. The van der Waals surface area contributed by atoms with E-state index >= 15 is 0 Å². The largest absolute Gasteiger partial charge is 0.344 e. The summed E-state index contributed by atoms with van der Waals surface area (Å²) in [5, 5.41) is 8.40. The van der Waals surface area contributed by atoms with Crippen LogP contribution in [0.25, 0.3) is 0 Å². The highest BCUT2D eigenvalue weighted by atomic mass is 16.2. The molecule has 5 nitrogen and oxygen atoms in total. The minimum absolute atomic E-state index is 0.0688. The Bertz CT molecular complexity index is 261. The Morgan fingerprint density at radius 2 is 2.47 bits per heavy atom. The molecule has 0 bridgehead atoms. The van der Waals surface area contributed by atoms with Crippen LogP contribution in [0.1, 0.15) is 12.8 Å². The molecule has 0 aliphatic carbocycles. The summed E-state index contributed by atoms with van der Waals surface area (Å²) in [5.41, 5.74) is 5.75. The minimum Gasteiger partial charge on any atom is -0.344 e. The third-order valence-corrected chi connectivity index (χ3v) is 2.65. The number of rotatable bonds is 4. The van der Waals surface area contributed by atoms with Gasteiger partial charge in [0.1, 0.15) is 0 Å². The summed E-state index contributed by atoms with van der Waals surface area (Å²) in [5.74, 6) is 0.0688. The van der Waals surface area contributed by atoms with Gasteiger partial charge in [-0.3, -0.25) is 9.69 Å². The van der Waals surface area contributed by atoms with Crippen LogP contribution >= 0.6 is 0 Å². The highest BCUT2D eigenvalue weighted by molar-refractivity contribution is 5.78. The summed E-state index contributed by atoms with van der Waals surface area (Å²) in [6, 6.07) is 2.24. The normalized spacial score (nSPS) is 21.3. The van der Waals surface area contributed by atoms with Crippen LogP contribution in [0.5, 0.6) is 0 Å². The van der Waals surface area contributed by atoms with Crippen molar-refractivity contribution in [3.63, 3.8) is 0 Å². The lowest BCUT2D eigenvalue weighted by Gasteiger charge is -2.20. The molecule has 5 heteroatoms. The lowest BCUT2D eigenvalue weighted by molar-refractivity contribution is -0.130. The number of nitrogens with two attached hydrogens (primary N) is 1. The SMILES string of the molecule is CN(CCC#N)C(=O)CN1CC[C@H](N)C1. The zero-order chi connectivity index (χ0) is 11.3. The van der Waals surface area contributed by atoms with Gasteiger partial charge in [-0.15, -0.1) is 0 Å². The van der Waals surface area contributed by atoms with Gasteiger partial charge in [-0.05, 0) is 6.42 Å². The van der Waals surface area contributed by atoms with Gasteiger partial charge in [-0.1, -0.05) is 0 Å². The molecule has 0 saturated carbocycles. The summed E-state index contributed by atoms with van der Waals surface area (Å²) in [7, 11) is 1.73. The smallest absolute Gasteiger partial charge is 0.236 e. The van der Waals surface area contributed by atoms with Crippen molar-refractivity contribution in [3.8, 4) is 6.07 Å². The highest BCUT2D eigenvalue weighted by Crippen LogP contribution is 2.06. The fraction of sp³-hybridized carbons (Fsp3) is 0.800. The Morgan fingerprint density at radius 3 is 3.00 bits per heavy atom. The molecule has 0 aromatic rings. The van der Waals surface area contributed by atoms with Gasteiger partial charge in [0.25, 0.3) is 0 Å². The molecule has 0 aromatic heterocycles. The molecular weight excluding hydrogens is 192 g/mol. The van der Waals surface area contributed by atoms with E-state index < -0.39 is 0 Å². The van der Waals surface area contributed by atoms with Crippen molar-refractivity contribution in [2.45, 2.75) is 18.9 Å². The van der Waals surface area contributed by atoms with Crippen LogP contribution in [0.15, 0.2) is 0 Å². The molecule has 0 aromatic carbocycles. The summed E-state index contributed by atoms with van der Waals surface area (Å²) < 4.78 is 0. The first kappa shape index (κ1) is 12.0. The molecular formula is C10H18N4O. The molecule has 0 spiro atoms. The first-order chi connectivity index (χ1) is 7.13. The third kappa shape index (κ3) is 3.86. The molecule has 0 radical (unpaired) electrons. The van der Waals surface area contributed by atoms with E-state index in [1.165, 1.54) is 0 Å². The van der Waals surface area contributed by atoms with Crippen LogP contribution in [0.4, 0.5) is 0 Å². The van der Waals surface area contributed by atoms with Gasteiger partial charge in [0.15, 0.2) is 0 Å². The van der Waals surface area contributed by atoms with Crippen molar-refractivity contribution in [1.29, 1.82) is 5.26 Å². The van der Waals surface area contributed by atoms with Crippen molar-refractivity contribution in [2.75, 3.05) is 33.2 Å². The number of likely N-dealkylation sites (N-methyl/N-ethyl adjacent to an activating group) is 1. The fourth-order valence-electron chi connectivity index (χ4n) is 1.66. The lowest BCUT2D eigenvalue weighted by atomic mass is 10.3. The molecule has 1 saturated heterocycles. The lowest BCUT2D eigenvalue weighted by Crippen LogP contribution is -2.38. The number of likely N-dealkylation sites (tertiary alicyclic amines) is 1. The van der Waals surface area contributed by atoms with Gasteiger partial charge in [0, 0.05) is 32.7 Å². The minimum atomic E-state index is 0.0688. The average molecular weight is 210 g/mol. The summed E-state index contributed by atoms with van der Waals surface area (Å²) in [6.07, 6.45) is 1.36. The molecule has 1 aliphatic rings. The van der Waals surface area contributed by atoms with Crippen LogP contribution < -0.4 is 5.73 Å². The maximum absolute atomic E-state index is 11.6. The molecule has 1 atom stereocenters. The second kappa shape index (κ2) is 5.69. The topological polar surface area (TPSA) is 73.4 Å². The molecule has 1 fully saturated rings. The van der Waals surface area contributed by atoms with E-state index in [2.05, 4.69) is 4.90 Å². The molecule has 15 heavy (non-hydrogen) atoms. The van der Waals surface area contributed by atoms with Crippen LogP contribution in [0, 0.1) is 11.3 Å². The Balaban J connectivity index is 2.26. The van der Waals surface area contributed by atoms with E-state index in [1.807, 2.05) is 6.07 Å². The van der Waals surface area contributed by atoms with Crippen LogP contribution in [0.3, 0.4) is 0 Å². The number of nitriles is 1. The summed E-state index contributed by atoms with van der Waals surface area (Å²) in [4.78, 5) is 15.3. The van der Waals surface area contributed by atoms with Gasteiger partial charge >= 0.3 is 0 Å². The van der Waals surface area contributed by atoms with Gasteiger partial charge in [0.2, 0.25) is 5.91 Å². The van der Waals surface area contributed by atoms with Crippen LogP contribution in [-0.2, 0) is 4.79 Å². The highest BCUT2D eigenvalue weighted by Gasteiger charge is 2.22. The number of carbonyl (C=O) groups excluding carboxylic acids is 1. The van der Waals surface area contributed by atoms with Gasteiger partial charge in [-0.2, -0.15) is 5.26 Å². The monoisotopic (exact) mass is 210 g/mol. The fourth-order valence-corrected chi connectivity index (χ4v) is 1.66. The van der Waals surface area contributed by atoms with Crippen molar-refractivity contribution in [3.05, 3.63) is 0 Å². The van der Waals surface area contributed by atoms with Crippen LogP contribution in [0.2, 0.25) is 0 Å². The van der Waals surface area contributed by atoms with E-state index in [-0.39, 0.29) is 11.9 Å². The van der Waals surface area contributed by atoms with E-state index in [4.69, 9.17) is 11.0 Å². The summed E-state index contributed by atoms with van der Waals surface area (Å²) in [6.45, 7) is 2.64. The molecule has 0 unspecified atom stereocenters. The van der Waals surface area contributed by atoms with E-state index in [0.29, 0.717) is 19.5 Å². The Hall–Kier alpha value is -1.12. The standard InChI is InChI=1S/C10H18N4O/c1-13(5-2-4-11)10(15)8-14-6-3-9(12)7-14/h9H,2-3,5-8,12H2,1H3/t9-/m0/s1. The molecule has 1 aliphatic heterocycles.